The van der Waals surface area contributed by atoms with E-state index in [1.165, 1.54) is 4.90 Å². The maximum Gasteiger partial charge on any atom is 0.349 e. The van der Waals surface area contributed by atoms with Crippen LogP contribution < -0.4 is 10.9 Å². The lowest BCUT2D eigenvalue weighted by Gasteiger charge is -2.23. The molecular weight excluding hydrogens is 360 g/mol. The van der Waals surface area contributed by atoms with E-state index in [-0.39, 0.29) is 23.9 Å². The minimum atomic E-state index is -0.580. The Kier molecular flexibility index (Phi) is 6.61. The van der Waals surface area contributed by atoms with Crippen LogP contribution in [0.5, 0.6) is 0 Å². The van der Waals surface area contributed by atoms with E-state index in [1.54, 1.807) is 6.92 Å². The number of nitrogens with one attached hydrogen (secondary N) is 1. The molecule has 0 radical (unpaired) electrons. The molecule has 3 rings (SSSR count). The van der Waals surface area contributed by atoms with Crippen LogP contribution in [0.3, 0.4) is 0 Å². The summed E-state index contributed by atoms with van der Waals surface area (Å²) in [6, 6.07) is 1.83. The molecule has 0 saturated carbocycles. The van der Waals surface area contributed by atoms with E-state index < -0.39 is 5.63 Å². The number of aromatic nitrogens is 2. The molecule has 0 aliphatic carbocycles. The van der Waals surface area contributed by atoms with Gasteiger partial charge in [-0.3, -0.25) is 4.79 Å². The van der Waals surface area contributed by atoms with Gasteiger partial charge in [0.1, 0.15) is 11.3 Å². The maximum absolute atomic E-state index is 13.0. The Morgan fingerprint density at radius 1 is 1.39 bits per heavy atom. The highest BCUT2D eigenvalue weighted by atomic mass is 16.5. The van der Waals surface area contributed by atoms with Crippen LogP contribution in [-0.4, -0.2) is 40.6 Å². The monoisotopic (exact) mass is 388 g/mol. The molecule has 1 aliphatic heterocycles. The van der Waals surface area contributed by atoms with Gasteiger partial charge in [-0.15, -0.1) is 0 Å². The minimum absolute atomic E-state index is 0.0756. The van der Waals surface area contributed by atoms with Gasteiger partial charge in [-0.25, -0.2) is 4.79 Å². The van der Waals surface area contributed by atoms with Gasteiger partial charge in [0.05, 0.1) is 6.54 Å². The van der Waals surface area contributed by atoms with Crippen LogP contribution in [0, 0.1) is 6.92 Å². The smallest absolute Gasteiger partial charge is 0.349 e. The lowest BCUT2D eigenvalue weighted by Crippen LogP contribution is -2.35. The SMILES string of the molecule is CCCc1nc(CN(CC)C(=O)c2c(C)cc(C3CCCNC3)oc2=O)no1. The van der Waals surface area contributed by atoms with Gasteiger partial charge in [0, 0.05) is 25.4 Å². The fourth-order valence-corrected chi connectivity index (χ4v) is 3.51. The molecule has 1 N–H and O–H groups in total. The molecule has 3 heterocycles. The van der Waals surface area contributed by atoms with E-state index in [4.69, 9.17) is 8.94 Å². The van der Waals surface area contributed by atoms with Crippen molar-refractivity contribution in [2.24, 2.45) is 0 Å². The van der Waals surface area contributed by atoms with Crippen LogP contribution in [0.25, 0.3) is 0 Å². The second kappa shape index (κ2) is 9.14. The Labute approximate surface area is 164 Å². The van der Waals surface area contributed by atoms with Crippen molar-refractivity contribution in [3.05, 3.63) is 45.1 Å². The molecule has 1 fully saturated rings. The lowest BCUT2D eigenvalue weighted by atomic mass is 9.95. The first-order chi connectivity index (χ1) is 13.5. The summed E-state index contributed by atoms with van der Waals surface area (Å²) in [5, 5.41) is 7.25. The molecule has 1 saturated heterocycles. The molecule has 1 aliphatic rings. The fraction of sp³-hybridized carbons (Fsp3) is 0.600. The van der Waals surface area contributed by atoms with Gasteiger partial charge in [-0.2, -0.15) is 4.98 Å². The second-order valence-corrected chi connectivity index (χ2v) is 7.21. The number of hydrogen-bond acceptors (Lipinski definition) is 7. The van der Waals surface area contributed by atoms with E-state index in [9.17, 15) is 9.59 Å². The molecule has 1 atom stereocenters. The predicted molar refractivity (Wildman–Crippen MR) is 103 cm³/mol. The van der Waals surface area contributed by atoms with Crippen molar-refractivity contribution in [2.45, 2.75) is 58.9 Å². The van der Waals surface area contributed by atoms with E-state index in [0.717, 1.165) is 32.4 Å². The molecular formula is C20H28N4O4. The van der Waals surface area contributed by atoms with E-state index >= 15 is 0 Å². The third-order valence-corrected chi connectivity index (χ3v) is 5.06. The zero-order valence-corrected chi connectivity index (χ0v) is 16.8. The number of aryl methyl sites for hydroxylation is 2. The number of rotatable bonds is 7. The Balaban J connectivity index is 1.79. The van der Waals surface area contributed by atoms with Gasteiger partial charge in [-0.05, 0) is 51.3 Å². The number of hydrogen-bond donors (Lipinski definition) is 1. The summed E-state index contributed by atoms with van der Waals surface area (Å²) >= 11 is 0. The Hall–Kier alpha value is -2.48. The molecule has 28 heavy (non-hydrogen) atoms. The first kappa shape index (κ1) is 20.3. The largest absolute Gasteiger partial charge is 0.427 e. The van der Waals surface area contributed by atoms with Crippen LogP contribution >= 0.6 is 0 Å². The van der Waals surface area contributed by atoms with Crippen LogP contribution in [0.15, 0.2) is 19.8 Å². The van der Waals surface area contributed by atoms with Crippen molar-refractivity contribution >= 4 is 5.91 Å². The summed E-state index contributed by atoms with van der Waals surface area (Å²) in [7, 11) is 0. The summed E-state index contributed by atoms with van der Waals surface area (Å²) in [4.78, 5) is 31.5. The number of nitrogens with zero attached hydrogens (tertiary/aromatic N) is 3. The van der Waals surface area contributed by atoms with Crippen molar-refractivity contribution in [2.75, 3.05) is 19.6 Å². The summed E-state index contributed by atoms with van der Waals surface area (Å²) in [5.41, 5.74) is 0.135. The fourth-order valence-electron chi connectivity index (χ4n) is 3.51. The maximum atomic E-state index is 13.0. The van der Waals surface area contributed by atoms with Crippen molar-refractivity contribution < 1.29 is 13.7 Å². The van der Waals surface area contributed by atoms with Crippen molar-refractivity contribution in [1.82, 2.24) is 20.4 Å². The Morgan fingerprint density at radius 2 is 2.21 bits per heavy atom. The van der Waals surface area contributed by atoms with Gasteiger partial charge >= 0.3 is 5.63 Å². The van der Waals surface area contributed by atoms with E-state index in [0.29, 0.717) is 36.0 Å². The predicted octanol–water partition coefficient (Wildman–Crippen LogP) is 2.41. The number of carbonyl (C=O) groups is 1. The molecule has 2 aromatic rings. The first-order valence-corrected chi connectivity index (χ1v) is 9.99. The standard InChI is InChI=1S/C20H28N4O4/c1-4-7-17-22-16(23-28-17)12-24(5-2)19(25)18-13(3)10-15(27-20(18)26)14-8-6-9-21-11-14/h10,14,21H,4-9,11-12H2,1-3H3. The van der Waals surface area contributed by atoms with Gasteiger partial charge in [0.25, 0.3) is 5.91 Å². The highest BCUT2D eigenvalue weighted by molar-refractivity contribution is 5.95. The quantitative estimate of drug-likeness (QED) is 0.777. The van der Waals surface area contributed by atoms with Crippen LogP contribution in [-0.2, 0) is 13.0 Å². The lowest BCUT2D eigenvalue weighted by molar-refractivity contribution is 0.0741. The van der Waals surface area contributed by atoms with Crippen LogP contribution in [0.1, 0.15) is 72.4 Å². The summed E-state index contributed by atoms with van der Waals surface area (Å²) in [5.74, 6) is 1.44. The van der Waals surface area contributed by atoms with Crippen molar-refractivity contribution in [3.63, 3.8) is 0 Å². The molecule has 152 valence electrons. The Morgan fingerprint density at radius 3 is 2.86 bits per heavy atom. The van der Waals surface area contributed by atoms with Crippen LogP contribution in [0.4, 0.5) is 0 Å². The molecule has 0 aromatic carbocycles. The van der Waals surface area contributed by atoms with E-state index in [1.807, 2.05) is 19.9 Å². The Bertz CT molecular complexity index is 867. The van der Waals surface area contributed by atoms with E-state index in [2.05, 4.69) is 15.5 Å². The third-order valence-electron chi connectivity index (χ3n) is 5.06. The normalized spacial score (nSPS) is 16.9. The molecule has 0 bridgehead atoms. The summed E-state index contributed by atoms with van der Waals surface area (Å²) in [6.45, 7) is 8.04. The van der Waals surface area contributed by atoms with Gasteiger partial charge in [0.2, 0.25) is 5.89 Å². The summed E-state index contributed by atoms with van der Waals surface area (Å²) < 4.78 is 10.7. The third kappa shape index (κ3) is 4.49. The van der Waals surface area contributed by atoms with Crippen molar-refractivity contribution in [3.8, 4) is 0 Å². The number of amides is 1. The number of piperidine rings is 1. The topological polar surface area (TPSA) is 101 Å². The molecule has 1 amide bonds. The molecule has 8 heteroatoms. The minimum Gasteiger partial charge on any atom is -0.427 e. The van der Waals surface area contributed by atoms with Gasteiger partial charge in [-0.1, -0.05) is 12.1 Å². The zero-order chi connectivity index (χ0) is 20.1. The van der Waals surface area contributed by atoms with Crippen LogP contribution in [0.2, 0.25) is 0 Å². The number of carbonyl (C=O) groups excluding carboxylic acids is 1. The first-order valence-electron chi connectivity index (χ1n) is 9.99. The molecule has 8 nitrogen and oxygen atoms in total. The van der Waals surface area contributed by atoms with Crippen molar-refractivity contribution in [1.29, 1.82) is 0 Å². The highest BCUT2D eigenvalue weighted by Crippen LogP contribution is 2.24. The van der Waals surface area contributed by atoms with Gasteiger partial charge < -0.3 is 19.2 Å². The zero-order valence-electron chi connectivity index (χ0n) is 16.8. The van der Waals surface area contributed by atoms with Gasteiger partial charge in [0.15, 0.2) is 5.82 Å². The summed E-state index contributed by atoms with van der Waals surface area (Å²) in [6.07, 6.45) is 3.62. The average Bonchev–Trinajstić information content (AvgIpc) is 3.13. The molecule has 0 spiro atoms. The second-order valence-electron chi connectivity index (χ2n) is 7.21. The highest BCUT2D eigenvalue weighted by Gasteiger charge is 2.26. The average molecular weight is 388 g/mol. The molecule has 1 unspecified atom stereocenters. The molecule has 2 aromatic heterocycles.